The van der Waals surface area contributed by atoms with Crippen LogP contribution in [0.1, 0.15) is 18.9 Å². The largest absolute Gasteiger partial charge is 0.508 e. The zero-order chi connectivity index (χ0) is 12.0. The summed E-state index contributed by atoms with van der Waals surface area (Å²) in [4.78, 5) is 11.1. The molecule has 0 fully saturated rings. The molecule has 1 amide bonds. The molecule has 0 saturated carbocycles. The highest BCUT2D eigenvalue weighted by Gasteiger charge is 2.06. The molecule has 3 N–H and O–H groups in total. The van der Waals surface area contributed by atoms with Crippen LogP contribution in [0, 0.1) is 0 Å². The maximum atomic E-state index is 11.1. The van der Waals surface area contributed by atoms with Crippen LogP contribution < -0.4 is 10.6 Å². The van der Waals surface area contributed by atoms with E-state index in [1.165, 1.54) is 0 Å². The van der Waals surface area contributed by atoms with Crippen molar-refractivity contribution in [1.29, 1.82) is 0 Å². The topological polar surface area (TPSA) is 61.4 Å². The Hall–Kier alpha value is -1.55. The molecule has 0 aliphatic rings. The Morgan fingerprint density at radius 3 is 2.56 bits per heavy atom. The van der Waals surface area contributed by atoms with Crippen molar-refractivity contribution in [3.05, 3.63) is 29.8 Å². The van der Waals surface area contributed by atoms with E-state index in [0.29, 0.717) is 13.0 Å². The quantitative estimate of drug-likeness (QED) is 0.696. The minimum Gasteiger partial charge on any atom is -0.508 e. The average Bonchev–Trinajstić information content (AvgIpc) is 2.28. The van der Waals surface area contributed by atoms with E-state index in [2.05, 4.69) is 10.6 Å². The van der Waals surface area contributed by atoms with Crippen LogP contribution in [0.4, 0.5) is 0 Å². The van der Waals surface area contributed by atoms with Gasteiger partial charge in [0.25, 0.3) is 0 Å². The Labute approximate surface area is 95.7 Å². The Morgan fingerprint density at radius 2 is 2.00 bits per heavy atom. The number of amides is 1. The molecular weight excluding hydrogens is 204 g/mol. The molecule has 0 spiro atoms. The van der Waals surface area contributed by atoms with Crippen molar-refractivity contribution in [3.8, 4) is 5.75 Å². The minimum atomic E-state index is 0.0331. The Morgan fingerprint density at radius 1 is 1.38 bits per heavy atom. The van der Waals surface area contributed by atoms with Crippen LogP contribution in [0.3, 0.4) is 0 Å². The fourth-order valence-electron chi connectivity index (χ4n) is 1.36. The van der Waals surface area contributed by atoms with Crippen molar-refractivity contribution in [3.63, 3.8) is 0 Å². The minimum absolute atomic E-state index is 0.0331. The van der Waals surface area contributed by atoms with Gasteiger partial charge >= 0.3 is 0 Å². The number of aromatic hydroxyl groups is 1. The van der Waals surface area contributed by atoms with Gasteiger partial charge in [-0.3, -0.25) is 4.79 Å². The molecule has 4 heteroatoms. The molecule has 1 unspecified atom stereocenters. The van der Waals surface area contributed by atoms with Gasteiger partial charge in [0.05, 0.1) is 0 Å². The van der Waals surface area contributed by atoms with E-state index in [0.717, 1.165) is 5.56 Å². The zero-order valence-electron chi connectivity index (χ0n) is 9.66. The van der Waals surface area contributed by atoms with Crippen molar-refractivity contribution < 1.29 is 9.90 Å². The van der Waals surface area contributed by atoms with Crippen LogP contribution in [-0.4, -0.2) is 24.1 Å². The number of phenolic OH excluding ortho intramolecular Hbond substituents is 1. The highest BCUT2D eigenvalue weighted by molar-refractivity contribution is 5.76. The van der Waals surface area contributed by atoms with E-state index in [4.69, 9.17) is 5.11 Å². The van der Waals surface area contributed by atoms with Gasteiger partial charge in [-0.05, 0) is 24.6 Å². The molecule has 0 aliphatic heterocycles. The lowest BCUT2D eigenvalue weighted by Gasteiger charge is -2.12. The maximum absolute atomic E-state index is 11.1. The smallest absolute Gasteiger partial charge is 0.221 e. The molecule has 0 aliphatic carbocycles. The Bertz CT molecular complexity index is 335. The van der Waals surface area contributed by atoms with E-state index >= 15 is 0 Å². The third-order valence-electron chi connectivity index (χ3n) is 2.36. The summed E-state index contributed by atoms with van der Waals surface area (Å²) in [6.07, 6.45) is 0.467. The number of hydrogen-bond acceptors (Lipinski definition) is 3. The molecular formula is C12H18N2O2. The van der Waals surface area contributed by atoms with Crippen molar-refractivity contribution in [1.82, 2.24) is 10.6 Å². The molecule has 0 bridgehead atoms. The van der Waals surface area contributed by atoms with E-state index in [-0.39, 0.29) is 17.7 Å². The van der Waals surface area contributed by atoms with Crippen molar-refractivity contribution in [2.24, 2.45) is 0 Å². The molecule has 4 nitrogen and oxygen atoms in total. The summed E-state index contributed by atoms with van der Waals surface area (Å²) in [6.45, 7) is 2.66. The second-order valence-corrected chi connectivity index (χ2v) is 3.83. The number of hydrogen-bond donors (Lipinski definition) is 3. The monoisotopic (exact) mass is 222 g/mol. The molecule has 0 saturated heterocycles. The van der Waals surface area contributed by atoms with Crippen molar-refractivity contribution in [2.75, 3.05) is 7.05 Å². The molecule has 1 aromatic carbocycles. The lowest BCUT2D eigenvalue weighted by molar-refractivity contribution is -0.121. The van der Waals surface area contributed by atoms with Gasteiger partial charge in [-0.15, -0.1) is 0 Å². The highest BCUT2D eigenvalue weighted by Crippen LogP contribution is 2.09. The summed E-state index contributed by atoms with van der Waals surface area (Å²) in [5, 5.41) is 14.9. The summed E-state index contributed by atoms with van der Waals surface area (Å²) < 4.78 is 0. The summed E-state index contributed by atoms with van der Waals surface area (Å²) in [5.74, 6) is 0.299. The molecule has 1 rings (SSSR count). The fourth-order valence-corrected chi connectivity index (χ4v) is 1.36. The summed E-state index contributed by atoms with van der Waals surface area (Å²) in [7, 11) is 1.63. The molecule has 0 aromatic heterocycles. The van der Waals surface area contributed by atoms with Gasteiger partial charge in [-0.1, -0.05) is 12.1 Å². The van der Waals surface area contributed by atoms with Gasteiger partial charge in [0.2, 0.25) is 5.91 Å². The van der Waals surface area contributed by atoms with Crippen molar-refractivity contribution >= 4 is 5.91 Å². The number of carbonyl (C=O) groups excluding carboxylic acids is 1. The summed E-state index contributed by atoms with van der Waals surface area (Å²) in [6, 6.07) is 7.15. The molecule has 1 aromatic rings. The molecule has 0 radical (unpaired) electrons. The number of phenols is 1. The van der Waals surface area contributed by atoms with E-state index < -0.39 is 0 Å². The molecule has 88 valence electrons. The molecule has 1 atom stereocenters. The Kier molecular flexibility index (Phi) is 4.79. The van der Waals surface area contributed by atoms with Gasteiger partial charge in [-0.2, -0.15) is 0 Å². The van der Waals surface area contributed by atoms with Gasteiger partial charge < -0.3 is 15.7 Å². The van der Waals surface area contributed by atoms with Crippen LogP contribution >= 0.6 is 0 Å². The van der Waals surface area contributed by atoms with Crippen LogP contribution in [0.25, 0.3) is 0 Å². The number of rotatable bonds is 5. The van der Waals surface area contributed by atoms with Crippen LogP contribution in [0.15, 0.2) is 24.3 Å². The van der Waals surface area contributed by atoms with E-state index in [9.17, 15) is 4.79 Å². The fraction of sp³-hybridized carbons (Fsp3) is 0.417. The third-order valence-corrected chi connectivity index (χ3v) is 2.36. The number of nitrogens with one attached hydrogen (secondary N) is 2. The SMILES string of the molecule is CNC(=O)CC(C)NCc1ccc(O)cc1. The van der Waals surface area contributed by atoms with Gasteiger partial charge in [0.1, 0.15) is 5.75 Å². The first kappa shape index (κ1) is 12.5. The predicted octanol–water partition coefficient (Wildman–Crippen LogP) is 1.01. The van der Waals surface area contributed by atoms with Crippen molar-refractivity contribution in [2.45, 2.75) is 25.9 Å². The van der Waals surface area contributed by atoms with Crippen LogP contribution in [-0.2, 0) is 11.3 Å². The Balaban J connectivity index is 2.34. The van der Waals surface area contributed by atoms with Gasteiger partial charge in [0.15, 0.2) is 0 Å². The lowest BCUT2D eigenvalue weighted by Crippen LogP contribution is -2.31. The standard InChI is InChI=1S/C12H18N2O2/c1-9(7-12(16)13-2)14-8-10-3-5-11(15)6-4-10/h3-6,9,14-15H,7-8H2,1-2H3,(H,13,16). The molecule has 16 heavy (non-hydrogen) atoms. The number of benzene rings is 1. The zero-order valence-corrected chi connectivity index (χ0v) is 9.66. The first-order chi connectivity index (χ1) is 7.61. The maximum Gasteiger partial charge on any atom is 0.221 e. The van der Waals surface area contributed by atoms with Gasteiger partial charge in [0, 0.05) is 26.1 Å². The van der Waals surface area contributed by atoms with Gasteiger partial charge in [-0.25, -0.2) is 0 Å². The second-order valence-electron chi connectivity index (χ2n) is 3.83. The normalized spacial score (nSPS) is 12.1. The van der Waals surface area contributed by atoms with Crippen LogP contribution in [0.2, 0.25) is 0 Å². The summed E-state index contributed by atoms with van der Waals surface area (Å²) in [5.41, 5.74) is 1.08. The highest BCUT2D eigenvalue weighted by atomic mass is 16.3. The van der Waals surface area contributed by atoms with E-state index in [1.54, 1.807) is 19.2 Å². The first-order valence-corrected chi connectivity index (χ1v) is 5.33. The summed E-state index contributed by atoms with van der Waals surface area (Å²) >= 11 is 0. The van der Waals surface area contributed by atoms with Crippen LogP contribution in [0.5, 0.6) is 5.75 Å². The second kappa shape index (κ2) is 6.12. The number of carbonyl (C=O) groups is 1. The predicted molar refractivity (Wildman–Crippen MR) is 63.1 cm³/mol. The lowest BCUT2D eigenvalue weighted by atomic mass is 10.2. The molecule has 0 heterocycles. The first-order valence-electron chi connectivity index (χ1n) is 5.33. The average molecular weight is 222 g/mol. The van der Waals surface area contributed by atoms with E-state index in [1.807, 2.05) is 19.1 Å². The third kappa shape index (κ3) is 4.31.